The second-order valence-electron chi connectivity index (χ2n) is 4.04. The minimum Gasteiger partial charge on any atom is -0.493 e. The maximum absolute atomic E-state index is 13.1. The average Bonchev–Trinajstić information content (AvgIpc) is 2.43. The number of benzene rings is 2. The van der Waals surface area contributed by atoms with Gasteiger partial charge in [0.15, 0.2) is 5.78 Å². The number of ether oxygens (including phenoxy) is 1. The summed E-state index contributed by atoms with van der Waals surface area (Å²) >= 11 is 9.04. The molecule has 0 amide bonds. The Balaban J connectivity index is 2.33. The summed E-state index contributed by atoms with van der Waals surface area (Å²) in [4.78, 5) is 12.3. The minimum absolute atomic E-state index is 0.0687. The van der Waals surface area contributed by atoms with E-state index in [2.05, 4.69) is 15.9 Å². The van der Waals surface area contributed by atoms with Crippen molar-refractivity contribution in [3.8, 4) is 5.75 Å². The maximum Gasteiger partial charge on any atom is 0.193 e. The van der Waals surface area contributed by atoms with Crippen molar-refractivity contribution in [1.82, 2.24) is 0 Å². The predicted octanol–water partition coefficient (Wildman–Crippen LogP) is 4.87. The summed E-state index contributed by atoms with van der Waals surface area (Å²) < 4.78 is 19.2. The van der Waals surface area contributed by atoms with Gasteiger partial charge in [0.05, 0.1) is 16.1 Å². The lowest BCUT2D eigenvalue weighted by Gasteiger charge is -2.08. The highest BCUT2D eigenvalue weighted by Gasteiger charge is 2.13. The van der Waals surface area contributed by atoms with Crippen molar-refractivity contribution in [1.29, 1.82) is 0 Å². The molecule has 2 rings (SSSR count). The summed E-state index contributed by atoms with van der Waals surface area (Å²) in [6.07, 6.45) is 0. The van der Waals surface area contributed by atoms with E-state index in [-0.39, 0.29) is 10.8 Å². The third-order valence-electron chi connectivity index (χ3n) is 2.68. The number of ketones is 1. The van der Waals surface area contributed by atoms with Crippen molar-refractivity contribution in [2.24, 2.45) is 0 Å². The van der Waals surface area contributed by atoms with Crippen LogP contribution < -0.4 is 4.74 Å². The molecule has 2 nitrogen and oxygen atoms in total. The molecule has 5 heteroatoms. The molecule has 0 spiro atoms. The summed E-state index contributed by atoms with van der Waals surface area (Å²) in [5.41, 5.74) is 0.815. The molecular weight excluding hydrogens is 347 g/mol. The molecule has 0 aliphatic heterocycles. The van der Waals surface area contributed by atoms with Gasteiger partial charge in [-0.2, -0.15) is 0 Å². The maximum atomic E-state index is 13.1. The molecule has 2 aromatic carbocycles. The van der Waals surface area contributed by atoms with Crippen LogP contribution in [0.15, 0.2) is 40.9 Å². The van der Waals surface area contributed by atoms with Gasteiger partial charge in [0, 0.05) is 11.1 Å². The van der Waals surface area contributed by atoms with Gasteiger partial charge >= 0.3 is 0 Å². The third-order valence-corrected chi connectivity index (χ3v) is 3.59. The molecule has 20 heavy (non-hydrogen) atoms. The van der Waals surface area contributed by atoms with Crippen molar-refractivity contribution < 1.29 is 13.9 Å². The quantitative estimate of drug-likeness (QED) is 0.730. The number of hydrogen-bond acceptors (Lipinski definition) is 2. The van der Waals surface area contributed by atoms with Crippen LogP contribution in [0.25, 0.3) is 0 Å². The van der Waals surface area contributed by atoms with Crippen molar-refractivity contribution in [2.45, 2.75) is 6.92 Å². The molecular formula is C15H11BrClFO2. The summed E-state index contributed by atoms with van der Waals surface area (Å²) in [5, 5.41) is -0.0687. The van der Waals surface area contributed by atoms with E-state index in [0.717, 1.165) is 0 Å². The number of hydrogen-bond donors (Lipinski definition) is 0. The third kappa shape index (κ3) is 3.19. The van der Waals surface area contributed by atoms with Gasteiger partial charge in [-0.15, -0.1) is 0 Å². The smallest absolute Gasteiger partial charge is 0.193 e. The van der Waals surface area contributed by atoms with Crippen LogP contribution in [-0.2, 0) is 0 Å². The van der Waals surface area contributed by atoms with Crippen LogP contribution in [0.2, 0.25) is 5.02 Å². The van der Waals surface area contributed by atoms with Gasteiger partial charge in [0.2, 0.25) is 0 Å². The molecule has 0 saturated heterocycles. The van der Waals surface area contributed by atoms with Gasteiger partial charge < -0.3 is 4.74 Å². The molecule has 104 valence electrons. The van der Waals surface area contributed by atoms with E-state index in [1.54, 1.807) is 18.2 Å². The highest BCUT2D eigenvalue weighted by atomic mass is 79.9. The molecule has 0 N–H and O–H groups in total. The standard InChI is InChI=1S/C15H11BrClFO2/c1-2-20-14-6-4-9(7-11(14)16)15(19)10-3-5-13(18)12(17)8-10/h3-8H,2H2,1H3. The number of rotatable bonds is 4. The fourth-order valence-corrected chi connectivity index (χ4v) is 2.39. The Morgan fingerprint density at radius 3 is 2.50 bits per heavy atom. The Bertz CT molecular complexity index is 658. The first-order valence-corrected chi connectivity index (χ1v) is 7.12. The molecule has 0 aromatic heterocycles. The van der Waals surface area contributed by atoms with E-state index >= 15 is 0 Å². The van der Waals surface area contributed by atoms with Crippen LogP contribution in [0.4, 0.5) is 4.39 Å². The second kappa shape index (κ2) is 6.37. The summed E-state index contributed by atoms with van der Waals surface area (Å²) in [5.74, 6) is -0.104. The van der Waals surface area contributed by atoms with Gasteiger partial charge in [0.25, 0.3) is 0 Å². The monoisotopic (exact) mass is 356 g/mol. The molecule has 0 fully saturated rings. The van der Waals surface area contributed by atoms with Gasteiger partial charge in [0.1, 0.15) is 11.6 Å². The van der Waals surface area contributed by atoms with Crippen LogP contribution >= 0.6 is 27.5 Å². The highest BCUT2D eigenvalue weighted by Crippen LogP contribution is 2.27. The minimum atomic E-state index is -0.545. The summed E-state index contributed by atoms with van der Waals surface area (Å²) in [6, 6.07) is 8.96. The van der Waals surface area contributed by atoms with Gasteiger partial charge in [-0.05, 0) is 59.3 Å². The Labute approximate surface area is 129 Å². The molecule has 0 atom stereocenters. The molecule has 0 radical (unpaired) electrons. The van der Waals surface area contributed by atoms with Crippen LogP contribution in [0.5, 0.6) is 5.75 Å². The Morgan fingerprint density at radius 1 is 1.25 bits per heavy atom. The second-order valence-corrected chi connectivity index (χ2v) is 5.30. The molecule has 2 aromatic rings. The Morgan fingerprint density at radius 2 is 1.90 bits per heavy atom. The number of halogens is 3. The van der Waals surface area contributed by atoms with E-state index in [1.807, 2.05) is 6.92 Å². The summed E-state index contributed by atoms with van der Waals surface area (Å²) in [6.45, 7) is 2.42. The Kier molecular flexibility index (Phi) is 4.78. The zero-order valence-corrected chi connectivity index (χ0v) is 13.0. The van der Waals surface area contributed by atoms with Crippen LogP contribution in [-0.4, -0.2) is 12.4 Å². The molecule has 0 aliphatic carbocycles. The van der Waals surface area contributed by atoms with E-state index in [4.69, 9.17) is 16.3 Å². The Hall–Kier alpha value is -1.39. The molecule has 0 heterocycles. The summed E-state index contributed by atoms with van der Waals surface area (Å²) in [7, 11) is 0. The van der Waals surface area contributed by atoms with Crippen molar-refractivity contribution in [3.63, 3.8) is 0 Å². The SMILES string of the molecule is CCOc1ccc(C(=O)c2ccc(F)c(Cl)c2)cc1Br. The fourth-order valence-electron chi connectivity index (χ4n) is 1.72. The van der Waals surface area contributed by atoms with E-state index in [0.29, 0.717) is 28.0 Å². The van der Waals surface area contributed by atoms with E-state index < -0.39 is 5.82 Å². The first-order chi connectivity index (χ1) is 9.52. The van der Waals surface area contributed by atoms with E-state index in [1.165, 1.54) is 18.2 Å². The number of carbonyl (C=O) groups excluding carboxylic acids is 1. The normalized spacial score (nSPS) is 10.4. The van der Waals surface area contributed by atoms with E-state index in [9.17, 15) is 9.18 Å². The van der Waals surface area contributed by atoms with Gasteiger partial charge in [-0.1, -0.05) is 11.6 Å². The zero-order chi connectivity index (χ0) is 14.7. The van der Waals surface area contributed by atoms with Crippen LogP contribution in [0, 0.1) is 5.82 Å². The lowest BCUT2D eigenvalue weighted by molar-refractivity contribution is 0.103. The zero-order valence-electron chi connectivity index (χ0n) is 10.6. The van der Waals surface area contributed by atoms with Crippen molar-refractivity contribution in [2.75, 3.05) is 6.61 Å². The van der Waals surface area contributed by atoms with Gasteiger partial charge in [-0.3, -0.25) is 4.79 Å². The number of carbonyl (C=O) groups is 1. The largest absolute Gasteiger partial charge is 0.493 e. The highest BCUT2D eigenvalue weighted by molar-refractivity contribution is 9.10. The van der Waals surface area contributed by atoms with Crippen LogP contribution in [0.3, 0.4) is 0 Å². The van der Waals surface area contributed by atoms with Crippen molar-refractivity contribution in [3.05, 3.63) is 62.8 Å². The van der Waals surface area contributed by atoms with Crippen molar-refractivity contribution >= 4 is 33.3 Å². The molecule has 0 saturated carbocycles. The lowest BCUT2D eigenvalue weighted by Crippen LogP contribution is -2.02. The molecule has 0 aliphatic rings. The average molecular weight is 358 g/mol. The molecule has 0 bridgehead atoms. The first kappa shape index (κ1) is 15.0. The molecule has 0 unspecified atom stereocenters. The first-order valence-electron chi connectivity index (χ1n) is 5.95. The lowest BCUT2D eigenvalue weighted by atomic mass is 10.0. The predicted molar refractivity (Wildman–Crippen MR) is 80.2 cm³/mol. The van der Waals surface area contributed by atoms with Gasteiger partial charge in [-0.25, -0.2) is 4.39 Å². The van der Waals surface area contributed by atoms with Crippen LogP contribution in [0.1, 0.15) is 22.8 Å². The fraction of sp³-hybridized carbons (Fsp3) is 0.133. The topological polar surface area (TPSA) is 26.3 Å².